The molecule has 0 spiro atoms. The Kier molecular flexibility index (Phi) is 9.05. The normalized spacial score (nSPS) is 10.5. The van der Waals surface area contributed by atoms with Gasteiger partial charge in [-0.15, -0.1) is 11.3 Å². The predicted molar refractivity (Wildman–Crippen MR) is 148 cm³/mol. The van der Waals surface area contributed by atoms with Gasteiger partial charge < -0.3 is 23.7 Å². The molecule has 198 valence electrons. The van der Waals surface area contributed by atoms with Gasteiger partial charge in [0.1, 0.15) is 17.2 Å². The van der Waals surface area contributed by atoms with E-state index in [0.717, 1.165) is 11.1 Å². The molecule has 1 aromatic heterocycles. The second-order valence-electron chi connectivity index (χ2n) is 8.17. The number of carbonyl (C=O) groups excluding carboxylic acids is 1. The molecule has 0 saturated heterocycles. The summed E-state index contributed by atoms with van der Waals surface area (Å²) in [6.45, 7) is 0.280. The van der Waals surface area contributed by atoms with Crippen molar-refractivity contribution in [2.45, 2.75) is 6.42 Å². The highest BCUT2D eigenvalue weighted by Crippen LogP contribution is 2.36. The maximum Gasteiger partial charge on any atom is 0.266 e. The number of anilines is 1. The van der Waals surface area contributed by atoms with Crippen molar-refractivity contribution in [2.75, 3.05) is 46.5 Å². The molecule has 0 unspecified atom stereocenters. The van der Waals surface area contributed by atoms with Crippen molar-refractivity contribution in [3.05, 3.63) is 77.7 Å². The van der Waals surface area contributed by atoms with Gasteiger partial charge in [0.15, 0.2) is 23.2 Å². The number of hydrogen-bond acceptors (Lipinski definition) is 8. The average Bonchev–Trinajstić information content (AvgIpc) is 3.46. The zero-order valence-electron chi connectivity index (χ0n) is 21.8. The largest absolute Gasteiger partial charge is 0.497 e. The summed E-state index contributed by atoms with van der Waals surface area (Å²) < 4.78 is 27.5. The van der Waals surface area contributed by atoms with Crippen LogP contribution in [0.25, 0.3) is 11.3 Å². The fourth-order valence-corrected chi connectivity index (χ4v) is 4.74. The second-order valence-corrected chi connectivity index (χ2v) is 9.00. The number of thiazole rings is 1. The summed E-state index contributed by atoms with van der Waals surface area (Å²) in [6.07, 6.45) is 0.578. The number of methoxy groups -OCH3 is 4. The zero-order chi connectivity index (χ0) is 26.9. The van der Waals surface area contributed by atoms with E-state index < -0.39 is 0 Å². The first-order chi connectivity index (χ1) is 18.6. The number of para-hydroxylation sites is 1. The predicted octanol–water partition coefficient (Wildman–Crippen LogP) is 5.50. The molecule has 0 aliphatic rings. The third-order valence-electron chi connectivity index (χ3n) is 5.88. The number of nitrogens with zero attached hydrogens (tertiary/aromatic N) is 2. The van der Waals surface area contributed by atoms with Gasteiger partial charge in [0.2, 0.25) is 0 Å². The maximum absolute atomic E-state index is 13.4. The van der Waals surface area contributed by atoms with Crippen molar-refractivity contribution in [1.29, 1.82) is 0 Å². The number of carbonyl (C=O) groups is 1. The van der Waals surface area contributed by atoms with Crippen LogP contribution in [0.5, 0.6) is 28.7 Å². The molecule has 4 rings (SSSR count). The second kappa shape index (κ2) is 12.8. The summed E-state index contributed by atoms with van der Waals surface area (Å²) in [5.74, 6) is 3.06. The van der Waals surface area contributed by atoms with Crippen LogP contribution >= 0.6 is 11.3 Å². The molecule has 1 heterocycles. The summed E-state index contributed by atoms with van der Waals surface area (Å²) in [5.41, 5.74) is 2.46. The fraction of sp³-hybridized carbons (Fsp3) is 0.241. The molecule has 0 radical (unpaired) electrons. The van der Waals surface area contributed by atoms with Gasteiger partial charge in [0, 0.05) is 17.5 Å². The molecule has 3 aromatic carbocycles. The topological polar surface area (TPSA) is 79.4 Å². The Morgan fingerprint density at radius 1 is 0.816 bits per heavy atom. The molecule has 38 heavy (non-hydrogen) atoms. The number of benzene rings is 3. The van der Waals surface area contributed by atoms with E-state index >= 15 is 0 Å². The lowest BCUT2D eigenvalue weighted by Gasteiger charge is -2.20. The van der Waals surface area contributed by atoms with Crippen molar-refractivity contribution in [3.63, 3.8) is 0 Å². The van der Waals surface area contributed by atoms with Gasteiger partial charge in [-0.1, -0.05) is 24.3 Å². The van der Waals surface area contributed by atoms with E-state index in [1.807, 2.05) is 72.1 Å². The van der Waals surface area contributed by atoms with E-state index in [1.165, 1.54) is 11.3 Å². The molecule has 0 aliphatic heterocycles. The molecule has 0 N–H and O–H groups in total. The quantitative estimate of drug-likeness (QED) is 0.237. The summed E-state index contributed by atoms with van der Waals surface area (Å²) in [5, 5.41) is 2.47. The standard InChI is InChI=1S/C29H30N2O6S/c1-33-22-11-13-25(34-2)23(17-22)24-19-38-29(30-24)31(28(32)18-37-21-8-6-5-7-9-21)15-14-20-10-12-26(35-3)27(16-20)36-4/h5-13,16-17,19H,14-15,18H2,1-4H3. The van der Waals surface area contributed by atoms with Crippen molar-refractivity contribution in [1.82, 2.24) is 4.98 Å². The van der Waals surface area contributed by atoms with Crippen molar-refractivity contribution < 1.29 is 28.5 Å². The van der Waals surface area contributed by atoms with Crippen molar-refractivity contribution in [2.24, 2.45) is 0 Å². The Bertz CT molecular complexity index is 1360. The lowest BCUT2D eigenvalue weighted by atomic mass is 10.1. The van der Waals surface area contributed by atoms with Crippen LogP contribution in [0.1, 0.15) is 5.56 Å². The van der Waals surface area contributed by atoms with Gasteiger partial charge in [-0.2, -0.15) is 0 Å². The molecule has 0 atom stereocenters. The molecule has 0 aliphatic carbocycles. The molecular formula is C29H30N2O6S. The third kappa shape index (κ3) is 6.36. The highest BCUT2D eigenvalue weighted by molar-refractivity contribution is 7.14. The van der Waals surface area contributed by atoms with Crippen LogP contribution < -0.4 is 28.6 Å². The number of ether oxygens (including phenoxy) is 5. The first kappa shape index (κ1) is 26.8. The lowest BCUT2D eigenvalue weighted by Crippen LogP contribution is -2.36. The summed E-state index contributed by atoms with van der Waals surface area (Å²) >= 11 is 1.38. The van der Waals surface area contributed by atoms with E-state index in [0.29, 0.717) is 52.5 Å². The molecule has 8 nitrogen and oxygen atoms in total. The van der Waals surface area contributed by atoms with Crippen LogP contribution in [0, 0.1) is 0 Å². The van der Waals surface area contributed by atoms with Gasteiger partial charge >= 0.3 is 0 Å². The van der Waals surface area contributed by atoms with E-state index in [2.05, 4.69) is 0 Å². The minimum atomic E-state index is -0.201. The van der Waals surface area contributed by atoms with Gasteiger partial charge in [-0.25, -0.2) is 4.98 Å². The van der Waals surface area contributed by atoms with Crippen molar-refractivity contribution in [3.8, 4) is 40.0 Å². The van der Waals surface area contributed by atoms with E-state index in [4.69, 9.17) is 28.7 Å². The fourth-order valence-electron chi connectivity index (χ4n) is 3.87. The molecule has 0 bridgehead atoms. The summed E-state index contributed by atoms with van der Waals surface area (Å²) in [7, 11) is 6.42. The van der Waals surface area contributed by atoms with Crippen LogP contribution in [-0.2, 0) is 11.2 Å². The summed E-state index contributed by atoms with van der Waals surface area (Å²) in [4.78, 5) is 19.9. The van der Waals surface area contributed by atoms with Crippen LogP contribution in [0.15, 0.2) is 72.1 Å². The Hall–Kier alpha value is -4.24. The maximum atomic E-state index is 13.4. The molecule has 0 fully saturated rings. The van der Waals surface area contributed by atoms with Crippen LogP contribution in [0.3, 0.4) is 0 Å². The van der Waals surface area contributed by atoms with Crippen molar-refractivity contribution >= 4 is 22.4 Å². The average molecular weight is 535 g/mol. The lowest BCUT2D eigenvalue weighted by molar-refractivity contribution is -0.120. The van der Waals surface area contributed by atoms with E-state index in [-0.39, 0.29) is 12.5 Å². The minimum Gasteiger partial charge on any atom is -0.497 e. The molecule has 0 saturated carbocycles. The number of amides is 1. The first-order valence-corrected chi connectivity index (χ1v) is 12.8. The SMILES string of the molecule is COc1ccc(OC)c(-c2csc(N(CCc3ccc(OC)c(OC)c3)C(=O)COc3ccccc3)n2)c1. The molecular weight excluding hydrogens is 504 g/mol. The van der Waals surface area contributed by atoms with Crippen LogP contribution in [0.2, 0.25) is 0 Å². The molecule has 4 aromatic rings. The third-order valence-corrected chi connectivity index (χ3v) is 6.75. The van der Waals surface area contributed by atoms with Crippen LogP contribution in [-0.4, -0.2) is 52.5 Å². The Balaban J connectivity index is 1.60. The van der Waals surface area contributed by atoms with Crippen LogP contribution in [0.4, 0.5) is 5.13 Å². The van der Waals surface area contributed by atoms with Gasteiger partial charge in [-0.3, -0.25) is 9.69 Å². The minimum absolute atomic E-state index is 0.118. The highest BCUT2D eigenvalue weighted by atomic mass is 32.1. The van der Waals surface area contributed by atoms with E-state index in [1.54, 1.807) is 33.3 Å². The Morgan fingerprint density at radius 3 is 2.26 bits per heavy atom. The van der Waals surface area contributed by atoms with E-state index in [9.17, 15) is 4.79 Å². The first-order valence-electron chi connectivity index (χ1n) is 11.9. The Morgan fingerprint density at radius 2 is 1.55 bits per heavy atom. The number of rotatable bonds is 12. The summed E-state index contributed by atoms with van der Waals surface area (Å²) in [6, 6.07) is 20.5. The Labute approximate surface area is 226 Å². The number of hydrogen-bond donors (Lipinski definition) is 0. The molecule has 9 heteroatoms. The van der Waals surface area contributed by atoms with Gasteiger partial charge in [-0.05, 0) is 54.4 Å². The monoisotopic (exact) mass is 534 g/mol. The highest BCUT2D eigenvalue weighted by Gasteiger charge is 2.22. The number of aromatic nitrogens is 1. The zero-order valence-corrected chi connectivity index (χ0v) is 22.6. The molecule has 1 amide bonds. The van der Waals surface area contributed by atoms with Gasteiger partial charge in [0.25, 0.3) is 5.91 Å². The smallest absolute Gasteiger partial charge is 0.266 e. The van der Waals surface area contributed by atoms with Gasteiger partial charge in [0.05, 0.1) is 34.1 Å².